The van der Waals surface area contributed by atoms with Crippen molar-refractivity contribution < 1.29 is 27.4 Å². The van der Waals surface area contributed by atoms with Gasteiger partial charge in [0.15, 0.2) is 17.5 Å². The summed E-state index contributed by atoms with van der Waals surface area (Å²) in [5, 5.41) is 2.79. The molecule has 3 N–H and O–H groups in total. The van der Waals surface area contributed by atoms with Crippen molar-refractivity contribution in [1.82, 2.24) is 0 Å². The van der Waals surface area contributed by atoms with Crippen LogP contribution in [-0.2, 0) is 6.54 Å². The van der Waals surface area contributed by atoms with Crippen LogP contribution in [0.25, 0.3) is 0 Å². The molecule has 0 fully saturated rings. The van der Waals surface area contributed by atoms with Crippen LogP contribution >= 0.6 is 15.9 Å². The van der Waals surface area contributed by atoms with E-state index in [1.807, 2.05) is 6.07 Å². The monoisotopic (exact) mass is 431 g/mol. The lowest BCUT2D eigenvalue weighted by molar-refractivity contribution is -0.274. The maximum Gasteiger partial charge on any atom is 0.573 e. The number of benzene rings is 2. The summed E-state index contributed by atoms with van der Waals surface area (Å²) in [4.78, 5) is 4.19. The number of alkyl halides is 3. The first-order chi connectivity index (χ1) is 12.3. The second-order valence-electron chi connectivity index (χ2n) is 5.21. The van der Waals surface area contributed by atoms with Gasteiger partial charge in [-0.05, 0) is 57.9 Å². The zero-order valence-corrected chi connectivity index (χ0v) is 14.7. The largest absolute Gasteiger partial charge is 0.573 e. The van der Waals surface area contributed by atoms with Crippen LogP contribution in [0, 0.1) is 0 Å². The molecule has 0 saturated carbocycles. The van der Waals surface area contributed by atoms with Gasteiger partial charge < -0.3 is 25.3 Å². The van der Waals surface area contributed by atoms with Crippen LogP contribution in [0.2, 0.25) is 0 Å². The number of nitrogens with two attached hydrogens (primary N) is 1. The molecule has 26 heavy (non-hydrogen) atoms. The van der Waals surface area contributed by atoms with Crippen LogP contribution in [-0.4, -0.2) is 19.1 Å². The normalized spacial score (nSPS) is 13.6. The van der Waals surface area contributed by atoms with E-state index in [4.69, 9.17) is 15.2 Å². The molecular weight excluding hydrogens is 419 g/mol. The molecule has 0 unspecified atom stereocenters. The molecule has 1 aliphatic heterocycles. The van der Waals surface area contributed by atoms with E-state index in [0.29, 0.717) is 17.2 Å². The number of hydrogen-bond donors (Lipinski definition) is 2. The van der Waals surface area contributed by atoms with Crippen molar-refractivity contribution in [3.8, 4) is 17.2 Å². The van der Waals surface area contributed by atoms with Crippen LogP contribution < -0.4 is 25.3 Å². The predicted octanol–water partition coefficient (Wildman–Crippen LogP) is 4.00. The van der Waals surface area contributed by atoms with Crippen LogP contribution in [0.3, 0.4) is 0 Å². The summed E-state index contributed by atoms with van der Waals surface area (Å²) in [5.41, 5.74) is 7.13. The molecule has 6 nitrogen and oxygen atoms in total. The first-order valence-corrected chi connectivity index (χ1v) is 8.10. The van der Waals surface area contributed by atoms with Crippen LogP contribution in [0.15, 0.2) is 45.9 Å². The second-order valence-corrected chi connectivity index (χ2v) is 6.06. The summed E-state index contributed by atoms with van der Waals surface area (Å²) in [6.45, 7) is 0.446. The van der Waals surface area contributed by atoms with Gasteiger partial charge in [0.2, 0.25) is 6.79 Å². The highest BCUT2D eigenvalue weighted by Gasteiger charge is 2.30. The average molecular weight is 432 g/mol. The van der Waals surface area contributed by atoms with Crippen molar-refractivity contribution >= 4 is 27.6 Å². The van der Waals surface area contributed by atoms with Crippen molar-refractivity contribution in [2.45, 2.75) is 12.9 Å². The van der Waals surface area contributed by atoms with E-state index >= 15 is 0 Å². The van der Waals surface area contributed by atoms with E-state index in [-0.39, 0.29) is 25.0 Å². The Kier molecular flexibility index (Phi) is 5.12. The molecule has 0 aliphatic carbocycles. The Morgan fingerprint density at radius 3 is 2.65 bits per heavy atom. The van der Waals surface area contributed by atoms with Gasteiger partial charge in [0.1, 0.15) is 5.75 Å². The molecule has 138 valence electrons. The summed E-state index contributed by atoms with van der Waals surface area (Å²) < 4.78 is 51.6. The smallest absolute Gasteiger partial charge is 0.454 e. The van der Waals surface area contributed by atoms with Crippen molar-refractivity contribution in [2.24, 2.45) is 10.7 Å². The molecule has 0 amide bonds. The molecule has 2 aromatic carbocycles. The number of nitrogens with one attached hydrogen (secondary N) is 1. The lowest BCUT2D eigenvalue weighted by atomic mass is 10.2. The lowest BCUT2D eigenvalue weighted by Crippen LogP contribution is -2.22. The first kappa shape index (κ1) is 18.2. The number of hydrogen-bond acceptors (Lipinski definition) is 4. The van der Waals surface area contributed by atoms with Crippen molar-refractivity contribution in [3.63, 3.8) is 0 Å². The Hall–Kier alpha value is -2.62. The number of rotatable bonds is 4. The second kappa shape index (κ2) is 7.32. The zero-order valence-electron chi connectivity index (χ0n) is 13.1. The Bertz CT molecular complexity index is 826. The number of fused-ring (bicyclic) bond motifs is 1. The number of nitrogens with zero attached hydrogens (tertiary/aromatic N) is 1. The third-order valence-corrected chi connectivity index (χ3v) is 3.87. The van der Waals surface area contributed by atoms with E-state index < -0.39 is 6.36 Å². The highest BCUT2D eigenvalue weighted by molar-refractivity contribution is 9.10. The fourth-order valence-electron chi connectivity index (χ4n) is 2.22. The van der Waals surface area contributed by atoms with E-state index in [1.54, 1.807) is 6.07 Å². The minimum Gasteiger partial charge on any atom is -0.454 e. The van der Waals surface area contributed by atoms with Gasteiger partial charge in [-0.2, -0.15) is 0 Å². The number of anilines is 1. The molecule has 0 aromatic heterocycles. The van der Waals surface area contributed by atoms with Crippen molar-refractivity contribution in [1.29, 1.82) is 0 Å². The first-order valence-electron chi connectivity index (χ1n) is 7.31. The van der Waals surface area contributed by atoms with Gasteiger partial charge in [-0.15, -0.1) is 13.2 Å². The van der Waals surface area contributed by atoms with Crippen LogP contribution in [0.5, 0.6) is 17.2 Å². The van der Waals surface area contributed by atoms with Crippen LogP contribution in [0.1, 0.15) is 5.56 Å². The summed E-state index contributed by atoms with van der Waals surface area (Å²) in [6.07, 6.45) is -4.73. The van der Waals surface area contributed by atoms with E-state index in [2.05, 4.69) is 31.0 Å². The number of halogens is 4. The number of guanidine groups is 1. The van der Waals surface area contributed by atoms with Gasteiger partial charge >= 0.3 is 6.36 Å². The fraction of sp³-hybridized carbons (Fsp3) is 0.188. The fourth-order valence-corrected chi connectivity index (χ4v) is 2.82. The quantitative estimate of drug-likeness (QED) is 0.564. The zero-order chi connectivity index (χ0) is 18.7. The molecular formula is C16H13BrF3N3O3. The topological polar surface area (TPSA) is 78.1 Å². The highest BCUT2D eigenvalue weighted by Crippen LogP contribution is 2.40. The van der Waals surface area contributed by atoms with Gasteiger partial charge in [0.05, 0.1) is 11.0 Å². The maximum atomic E-state index is 12.1. The van der Waals surface area contributed by atoms with Crippen LogP contribution in [0.4, 0.5) is 18.9 Å². The SMILES string of the molecule is NC(=NCc1cc(Br)c2c(c1)OCO2)Nc1ccc(OC(F)(F)F)cc1. The molecule has 0 spiro atoms. The average Bonchev–Trinajstić information content (AvgIpc) is 3.03. The molecule has 0 atom stereocenters. The Morgan fingerprint density at radius 2 is 1.96 bits per heavy atom. The van der Waals surface area contributed by atoms with Gasteiger partial charge in [-0.3, -0.25) is 0 Å². The Labute approximate surface area is 154 Å². The predicted molar refractivity (Wildman–Crippen MR) is 92.3 cm³/mol. The maximum absolute atomic E-state index is 12.1. The number of ether oxygens (including phenoxy) is 3. The summed E-state index contributed by atoms with van der Waals surface area (Å²) >= 11 is 3.39. The number of aliphatic imine (C=N–C) groups is 1. The summed E-state index contributed by atoms with van der Waals surface area (Å²) in [7, 11) is 0. The highest BCUT2D eigenvalue weighted by atomic mass is 79.9. The van der Waals surface area contributed by atoms with Gasteiger partial charge in [0, 0.05) is 5.69 Å². The van der Waals surface area contributed by atoms with E-state index in [1.165, 1.54) is 24.3 Å². The lowest BCUT2D eigenvalue weighted by Gasteiger charge is -2.10. The third-order valence-electron chi connectivity index (χ3n) is 3.28. The van der Waals surface area contributed by atoms with Gasteiger partial charge in [0.25, 0.3) is 0 Å². The molecule has 0 saturated heterocycles. The molecule has 0 bridgehead atoms. The third kappa shape index (κ3) is 4.72. The molecule has 1 aliphatic rings. The summed E-state index contributed by atoms with van der Waals surface area (Å²) in [6, 6.07) is 8.80. The summed E-state index contributed by atoms with van der Waals surface area (Å²) in [5.74, 6) is 1.06. The van der Waals surface area contributed by atoms with Gasteiger partial charge in [-0.1, -0.05) is 0 Å². The van der Waals surface area contributed by atoms with Crippen molar-refractivity contribution in [2.75, 3.05) is 12.1 Å². The van der Waals surface area contributed by atoms with E-state index in [9.17, 15) is 13.2 Å². The van der Waals surface area contributed by atoms with Gasteiger partial charge in [-0.25, -0.2) is 4.99 Å². The molecule has 10 heteroatoms. The molecule has 2 aromatic rings. The standard InChI is InChI=1S/C16H13BrF3N3O3/c17-12-5-9(6-13-14(12)25-8-24-13)7-22-15(21)23-10-1-3-11(4-2-10)26-16(18,19)20/h1-6H,7-8H2,(H3,21,22,23). The van der Waals surface area contributed by atoms with Crippen molar-refractivity contribution in [3.05, 3.63) is 46.4 Å². The molecule has 0 radical (unpaired) electrons. The van der Waals surface area contributed by atoms with E-state index in [0.717, 1.165) is 10.0 Å². The molecule has 1 heterocycles. The minimum absolute atomic E-state index is 0.114. The molecule has 3 rings (SSSR count). The minimum atomic E-state index is -4.73. The Balaban J connectivity index is 1.61. The Morgan fingerprint density at radius 1 is 1.23 bits per heavy atom.